The topological polar surface area (TPSA) is 29.1 Å². The minimum atomic E-state index is 0.0557. The highest BCUT2D eigenvalue weighted by molar-refractivity contribution is 6.30. The Hall–Kier alpha value is -1.80. The Bertz CT molecular complexity index is 522. The van der Waals surface area contributed by atoms with Crippen molar-refractivity contribution in [2.24, 2.45) is 0 Å². The standard InChI is InChI=1S/C16H16ClNO/c17-15-8-6-13(7-9-15)10-11-18-16(19)12-14-4-2-1-3-5-14/h1-9H,10-12H2,(H,18,19). The molecule has 2 aromatic rings. The van der Waals surface area contributed by atoms with Gasteiger partial charge in [0, 0.05) is 11.6 Å². The molecule has 0 radical (unpaired) electrons. The highest BCUT2D eigenvalue weighted by Crippen LogP contribution is 2.09. The van der Waals surface area contributed by atoms with Crippen LogP contribution in [0.4, 0.5) is 0 Å². The fourth-order valence-electron chi connectivity index (χ4n) is 1.84. The fraction of sp³-hybridized carbons (Fsp3) is 0.188. The average molecular weight is 274 g/mol. The highest BCUT2D eigenvalue weighted by atomic mass is 35.5. The van der Waals surface area contributed by atoms with Gasteiger partial charge in [0.05, 0.1) is 6.42 Å². The molecule has 0 bridgehead atoms. The van der Waals surface area contributed by atoms with Gasteiger partial charge in [0.15, 0.2) is 0 Å². The van der Waals surface area contributed by atoms with E-state index in [0.717, 1.165) is 17.0 Å². The molecule has 0 unspecified atom stereocenters. The summed E-state index contributed by atoms with van der Waals surface area (Å²) in [6, 6.07) is 17.4. The lowest BCUT2D eigenvalue weighted by molar-refractivity contribution is -0.120. The van der Waals surface area contributed by atoms with E-state index in [1.807, 2.05) is 54.6 Å². The van der Waals surface area contributed by atoms with Crippen LogP contribution in [0.25, 0.3) is 0 Å². The first kappa shape index (κ1) is 13.6. The molecular weight excluding hydrogens is 258 g/mol. The van der Waals surface area contributed by atoms with Gasteiger partial charge < -0.3 is 5.32 Å². The summed E-state index contributed by atoms with van der Waals surface area (Å²) >= 11 is 5.82. The third-order valence-electron chi connectivity index (χ3n) is 2.86. The number of hydrogen-bond donors (Lipinski definition) is 1. The minimum absolute atomic E-state index is 0.0557. The van der Waals surface area contributed by atoms with Crippen molar-refractivity contribution < 1.29 is 4.79 Å². The molecule has 0 heterocycles. The molecule has 0 atom stereocenters. The molecule has 0 saturated heterocycles. The summed E-state index contributed by atoms with van der Waals surface area (Å²) in [5.41, 5.74) is 2.20. The van der Waals surface area contributed by atoms with Gasteiger partial charge in [-0.2, -0.15) is 0 Å². The molecule has 0 spiro atoms. The maximum atomic E-state index is 11.7. The lowest BCUT2D eigenvalue weighted by Crippen LogP contribution is -2.27. The summed E-state index contributed by atoms with van der Waals surface area (Å²) in [6.45, 7) is 0.646. The van der Waals surface area contributed by atoms with Crippen molar-refractivity contribution in [3.63, 3.8) is 0 Å². The smallest absolute Gasteiger partial charge is 0.224 e. The predicted octanol–water partition coefficient (Wildman–Crippen LogP) is 3.24. The molecule has 2 aromatic carbocycles. The third-order valence-corrected chi connectivity index (χ3v) is 3.11. The van der Waals surface area contributed by atoms with Crippen LogP contribution in [0.1, 0.15) is 11.1 Å². The van der Waals surface area contributed by atoms with E-state index < -0.39 is 0 Å². The first-order valence-electron chi connectivity index (χ1n) is 6.29. The van der Waals surface area contributed by atoms with Crippen LogP contribution in [-0.4, -0.2) is 12.5 Å². The number of rotatable bonds is 5. The van der Waals surface area contributed by atoms with Gasteiger partial charge in [-0.25, -0.2) is 0 Å². The van der Waals surface area contributed by atoms with E-state index in [4.69, 9.17) is 11.6 Å². The molecule has 1 N–H and O–H groups in total. The van der Waals surface area contributed by atoms with Gasteiger partial charge in [0.1, 0.15) is 0 Å². The number of carbonyl (C=O) groups excluding carboxylic acids is 1. The van der Waals surface area contributed by atoms with Crippen molar-refractivity contribution in [1.82, 2.24) is 5.32 Å². The summed E-state index contributed by atoms with van der Waals surface area (Å²) < 4.78 is 0. The number of benzene rings is 2. The number of nitrogens with one attached hydrogen (secondary N) is 1. The number of halogens is 1. The Balaban J connectivity index is 1.74. The predicted molar refractivity (Wildman–Crippen MR) is 78.3 cm³/mol. The molecule has 19 heavy (non-hydrogen) atoms. The lowest BCUT2D eigenvalue weighted by Gasteiger charge is -2.05. The zero-order valence-electron chi connectivity index (χ0n) is 10.6. The monoisotopic (exact) mass is 273 g/mol. The van der Waals surface area contributed by atoms with E-state index in [1.54, 1.807) is 0 Å². The quantitative estimate of drug-likeness (QED) is 0.890. The lowest BCUT2D eigenvalue weighted by atomic mass is 10.1. The molecule has 98 valence electrons. The maximum absolute atomic E-state index is 11.7. The van der Waals surface area contributed by atoms with Crippen LogP contribution in [-0.2, 0) is 17.6 Å². The summed E-state index contributed by atoms with van der Waals surface area (Å²) in [7, 11) is 0. The Labute approximate surface area is 118 Å². The summed E-state index contributed by atoms with van der Waals surface area (Å²) in [5, 5.41) is 3.66. The van der Waals surface area contributed by atoms with E-state index >= 15 is 0 Å². The summed E-state index contributed by atoms with van der Waals surface area (Å²) in [5.74, 6) is 0.0557. The Morgan fingerprint density at radius 2 is 1.63 bits per heavy atom. The van der Waals surface area contributed by atoms with Gasteiger partial charge in [0.25, 0.3) is 0 Å². The van der Waals surface area contributed by atoms with E-state index in [1.165, 1.54) is 5.56 Å². The van der Waals surface area contributed by atoms with Crippen LogP contribution in [0.3, 0.4) is 0 Å². The van der Waals surface area contributed by atoms with Crippen molar-refractivity contribution in [2.45, 2.75) is 12.8 Å². The Kier molecular flexibility index (Phi) is 4.99. The maximum Gasteiger partial charge on any atom is 0.224 e. The number of amides is 1. The first-order valence-corrected chi connectivity index (χ1v) is 6.67. The fourth-order valence-corrected chi connectivity index (χ4v) is 1.97. The molecular formula is C16H16ClNO. The second kappa shape index (κ2) is 6.95. The number of carbonyl (C=O) groups is 1. The van der Waals surface area contributed by atoms with Gasteiger partial charge in [-0.3, -0.25) is 4.79 Å². The summed E-state index contributed by atoms with van der Waals surface area (Å²) in [6.07, 6.45) is 1.25. The molecule has 3 heteroatoms. The normalized spacial score (nSPS) is 10.2. The van der Waals surface area contributed by atoms with Crippen LogP contribution in [0.5, 0.6) is 0 Å². The van der Waals surface area contributed by atoms with Gasteiger partial charge in [-0.1, -0.05) is 54.1 Å². The zero-order valence-corrected chi connectivity index (χ0v) is 11.4. The van der Waals surface area contributed by atoms with Crippen molar-refractivity contribution in [3.05, 3.63) is 70.7 Å². The minimum Gasteiger partial charge on any atom is -0.355 e. The van der Waals surface area contributed by atoms with Crippen LogP contribution in [0.2, 0.25) is 5.02 Å². The summed E-state index contributed by atoms with van der Waals surface area (Å²) in [4.78, 5) is 11.7. The Morgan fingerprint density at radius 1 is 0.947 bits per heavy atom. The van der Waals surface area contributed by atoms with E-state index in [9.17, 15) is 4.79 Å². The van der Waals surface area contributed by atoms with Crippen molar-refractivity contribution in [2.75, 3.05) is 6.54 Å². The molecule has 0 aliphatic carbocycles. The van der Waals surface area contributed by atoms with Crippen molar-refractivity contribution >= 4 is 17.5 Å². The van der Waals surface area contributed by atoms with Gasteiger partial charge in [0.2, 0.25) is 5.91 Å². The molecule has 0 aliphatic heterocycles. The zero-order chi connectivity index (χ0) is 13.5. The van der Waals surface area contributed by atoms with Crippen molar-refractivity contribution in [1.29, 1.82) is 0 Å². The van der Waals surface area contributed by atoms with Crippen LogP contribution < -0.4 is 5.32 Å². The molecule has 1 amide bonds. The Morgan fingerprint density at radius 3 is 2.32 bits per heavy atom. The van der Waals surface area contributed by atoms with Crippen LogP contribution in [0.15, 0.2) is 54.6 Å². The highest BCUT2D eigenvalue weighted by Gasteiger charge is 2.02. The molecule has 0 saturated carbocycles. The largest absolute Gasteiger partial charge is 0.355 e. The van der Waals surface area contributed by atoms with E-state index in [2.05, 4.69) is 5.32 Å². The first-order chi connectivity index (χ1) is 9.24. The van der Waals surface area contributed by atoms with Gasteiger partial charge in [-0.15, -0.1) is 0 Å². The average Bonchev–Trinajstić information content (AvgIpc) is 2.42. The molecule has 2 nitrogen and oxygen atoms in total. The van der Waals surface area contributed by atoms with Gasteiger partial charge in [-0.05, 0) is 29.7 Å². The molecule has 0 aromatic heterocycles. The third kappa shape index (κ3) is 4.76. The second-order valence-electron chi connectivity index (χ2n) is 4.39. The number of hydrogen-bond acceptors (Lipinski definition) is 1. The van der Waals surface area contributed by atoms with E-state index in [0.29, 0.717) is 13.0 Å². The second-order valence-corrected chi connectivity index (χ2v) is 4.83. The molecule has 0 fully saturated rings. The van der Waals surface area contributed by atoms with Crippen molar-refractivity contribution in [3.8, 4) is 0 Å². The SMILES string of the molecule is O=C(Cc1ccccc1)NCCc1ccc(Cl)cc1. The van der Waals surface area contributed by atoms with Crippen LogP contribution in [0, 0.1) is 0 Å². The molecule has 0 aliphatic rings. The van der Waals surface area contributed by atoms with E-state index in [-0.39, 0.29) is 5.91 Å². The molecule has 2 rings (SSSR count). The van der Waals surface area contributed by atoms with Gasteiger partial charge >= 0.3 is 0 Å². The van der Waals surface area contributed by atoms with Crippen LogP contribution >= 0.6 is 11.6 Å².